The Hall–Kier alpha value is -2.25. The van der Waals surface area contributed by atoms with E-state index >= 15 is 0 Å². The summed E-state index contributed by atoms with van der Waals surface area (Å²) in [6, 6.07) is 11.1. The van der Waals surface area contributed by atoms with Gasteiger partial charge in [0.25, 0.3) is 15.9 Å². The molecule has 2 rings (SSSR count). The average Bonchev–Trinajstić information content (AvgIpc) is 2.56. The molecule has 2 aromatic rings. The minimum Gasteiger partial charge on any atom is -0.482 e. The molecule has 0 atom stereocenters. The number of hydrogen-bond acceptors (Lipinski definition) is 4. The van der Waals surface area contributed by atoms with Crippen molar-refractivity contribution in [3.05, 3.63) is 53.1 Å². The van der Waals surface area contributed by atoms with Crippen LogP contribution in [-0.2, 0) is 14.8 Å². The van der Waals surface area contributed by atoms with Gasteiger partial charge >= 0.3 is 0 Å². The van der Waals surface area contributed by atoms with Gasteiger partial charge in [-0.1, -0.05) is 29.3 Å². The quantitative estimate of drug-likeness (QED) is 0.771. The van der Waals surface area contributed by atoms with Gasteiger partial charge < -0.3 is 10.1 Å². The van der Waals surface area contributed by atoms with E-state index in [1.54, 1.807) is 19.1 Å². The molecule has 0 heterocycles. The normalized spacial score (nSPS) is 11.0. The number of sulfonamides is 1. The summed E-state index contributed by atoms with van der Waals surface area (Å²) in [6.45, 7) is 4.02. The molecule has 0 aliphatic heterocycles. The number of likely N-dealkylation sites (N-methyl/N-ethyl adjacent to an activating group) is 1. The Morgan fingerprint density at radius 3 is 2.44 bits per heavy atom. The van der Waals surface area contributed by atoms with E-state index in [0.29, 0.717) is 12.2 Å². The van der Waals surface area contributed by atoms with E-state index in [4.69, 9.17) is 16.3 Å². The van der Waals surface area contributed by atoms with Gasteiger partial charge in [0.2, 0.25) is 0 Å². The van der Waals surface area contributed by atoms with E-state index in [1.165, 1.54) is 18.2 Å². The maximum Gasteiger partial charge on any atom is 0.261 e. The number of carbonyl (C=O) groups excluding carboxylic acids is 1. The first kappa shape index (κ1) is 19.1. The van der Waals surface area contributed by atoms with Gasteiger partial charge in [0.1, 0.15) is 5.75 Å². The second-order valence-electron chi connectivity index (χ2n) is 5.31. The summed E-state index contributed by atoms with van der Waals surface area (Å²) in [5.41, 5.74) is 1.48. The fraction of sp³-hybridized carbons (Fsp3) is 0.235. The second-order valence-corrected chi connectivity index (χ2v) is 7.40. The fourth-order valence-electron chi connectivity index (χ4n) is 1.99. The summed E-state index contributed by atoms with van der Waals surface area (Å²) in [4.78, 5) is 11.4. The van der Waals surface area contributed by atoms with Gasteiger partial charge in [-0.3, -0.25) is 9.52 Å². The third kappa shape index (κ3) is 5.37. The smallest absolute Gasteiger partial charge is 0.261 e. The standard InChI is InChI=1S/C17H19ClN2O4S/c1-3-19-17(21)11-24-16-9-8-14(10-15(16)18)25(22,23)20-13-6-4-12(2)5-7-13/h4-10,20H,3,11H2,1-2H3,(H,19,21). The Kier molecular flexibility index (Phi) is 6.27. The van der Waals surface area contributed by atoms with Gasteiger partial charge in [-0.2, -0.15) is 0 Å². The highest BCUT2D eigenvalue weighted by molar-refractivity contribution is 7.92. The molecule has 6 nitrogen and oxygen atoms in total. The summed E-state index contributed by atoms with van der Waals surface area (Å²) in [7, 11) is -3.77. The summed E-state index contributed by atoms with van der Waals surface area (Å²) in [6.07, 6.45) is 0. The maximum absolute atomic E-state index is 12.4. The van der Waals surface area contributed by atoms with Gasteiger partial charge in [0.05, 0.1) is 9.92 Å². The molecule has 0 spiro atoms. The number of ether oxygens (including phenoxy) is 1. The van der Waals surface area contributed by atoms with Crippen molar-refractivity contribution < 1.29 is 17.9 Å². The molecule has 134 valence electrons. The number of carbonyl (C=O) groups is 1. The van der Waals surface area contributed by atoms with Crippen LogP contribution in [0, 0.1) is 6.92 Å². The van der Waals surface area contributed by atoms with Gasteiger partial charge in [0, 0.05) is 12.2 Å². The third-order valence-corrected chi connectivity index (χ3v) is 4.92. The highest BCUT2D eigenvalue weighted by Crippen LogP contribution is 2.28. The zero-order chi connectivity index (χ0) is 18.4. The SMILES string of the molecule is CCNC(=O)COc1ccc(S(=O)(=O)Nc2ccc(C)cc2)cc1Cl. The summed E-state index contributed by atoms with van der Waals surface area (Å²) < 4.78 is 32.6. The number of amides is 1. The van der Waals surface area contributed by atoms with E-state index in [2.05, 4.69) is 10.0 Å². The van der Waals surface area contributed by atoms with Crippen LogP contribution in [0.15, 0.2) is 47.4 Å². The van der Waals surface area contributed by atoms with Crippen molar-refractivity contribution >= 4 is 33.2 Å². The zero-order valence-corrected chi connectivity index (χ0v) is 15.4. The minimum absolute atomic E-state index is 0.00318. The topological polar surface area (TPSA) is 84.5 Å². The van der Waals surface area contributed by atoms with E-state index in [9.17, 15) is 13.2 Å². The predicted octanol–water partition coefficient (Wildman–Crippen LogP) is 2.96. The van der Waals surface area contributed by atoms with Crippen LogP contribution in [0.1, 0.15) is 12.5 Å². The minimum atomic E-state index is -3.77. The molecule has 0 saturated carbocycles. The Morgan fingerprint density at radius 2 is 1.84 bits per heavy atom. The van der Waals surface area contributed by atoms with Crippen LogP contribution >= 0.6 is 11.6 Å². The summed E-state index contributed by atoms with van der Waals surface area (Å²) in [5.74, 6) is -0.0430. The molecule has 2 N–H and O–H groups in total. The third-order valence-electron chi connectivity index (χ3n) is 3.25. The number of rotatable bonds is 7. The molecule has 25 heavy (non-hydrogen) atoms. The van der Waals surface area contributed by atoms with Crippen molar-refractivity contribution in [1.29, 1.82) is 0 Å². The van der Waals surface area contributed by atoms with Crippen molar-refractivity contribution in [2.24, 2.45) is 0 Å². The number of aryl methyl sites for hydroxylation is 1. The summed E-state index contributed by atoms with van der Waals surface area (Å²) in [5, 5.41) is 2.70. The van der Waals surface area contributed by atoms with E-state index in [1.807, 2.05) is 19.1 Å². The molecule has 2 aromatic carbocycles. The molecule has 0 bridgehead atoms. The lowest BCUT2D eigenvalue weighted by molar-refractivity contribution is -0.122. The van der Waals surface area contributed by atoms with Crippen molar-refractivity contribution in [1.82, 2.24) is 5.32 Å². The van der Waals surface area contributed by atoms with Crippen LogP contribution in [-0.4, -0.2) is 27.5 Å². The lowest BCUT2D eigenvalue weighted by Crippen LogP contribution is -2.28. The Morgan fingerprint density at radius 1 is 1.16 bits per heavy atom. The molecular formula is C17H19ClN2O4S. The lowest BCUT2D eigenvalue weighted by Gasteiger charge is -2.11. The van der Waals surface area contributed by atoms with Crippen molar-refractivity contribution in [2.45, 2.75) is 18.7 Å². The highest BCUT2D eigenvalue weighted by Gasteiger charge is 2.16. The number of benzene rings is 2. The molecule has 0 saturated heterocycles. The van der Waals surface area contributed by atoms with E-state index in [-0.39, 0.29) is 28.2 Å². The molecular weight excluding hydrogens is 364 g/mol. The monoisotopic (exact) mass is 382 g/mol. The molecule has 0 aliphatic rings. The van der Waals surface area contributed by atoms with Gasteiger partial charge in [0.15, 0.2) is 6.61 Å². The molecule has 1 amide bonds. The Labute approximate surface area is 152 Å². The maximum atomic E-state index is 12.4. The van der Waals surface area contributed by atoms with Gasteiger partial charge in [-0.25, -0.2) is 8.42 Å². The van der Waals surface area contributed by atoms with E-state index < -0.39 is 10.0 Å². The average molecular weight is 383 g/mol. The number of nitrogens with one attached hydrogen (secondary N) is 2. The Bertz CT molecular complexity index is 851. The van der Waals surface area contributed by atoms with Crippen molar-refractivity contribution in [2.75, 3.05) is 17.9 Å². The first-order valence-corrected chi connectivity index (χ1v) is 9.46. The van der Waals surface area contributed by atoms with E-state index in [0.717, 1.165) is 5.56 Å². The van der Waals surface area contributed by atoms with Crippen LogP contribution in [0.25, 0.3) is 0 Å². The van der Waals surface area contributed by atoms with Crippen LogP contribution in [0.4, 0.5) is 5.69 Å². The fourth-order valence-corrected chi connectivity index (χ4v) is 3.38. The predicted molar refractivity (Wildman–Crippen MR) is 97.6 cm³/mol. The van der Waals surface area contributed by atoms with Crippen LogP contribution in [0.3, 0.4) is 0 Å². The first-order valence-electron chi connectivity index (χ1n) is 7.60. The largest absolute Gasteiger partial charge is 0.482 e. The second kappa shape index (κ2) is 8.22. The summed E-state index contributed by atoms with van der Waals surface area (Å²) >= 11 is 6.07. The molecule has 0 radical (unpaired) electrons. The van der Waals surface area contributed by atoms with Gasteiger partial charge in [-0.05, 0) is 44.2 Å². The highest BCUT2D eigenvalue weighted by atomic mass is 35.5. The molecule has 8 heteroatoms. The van der Waals surface area contributed by atoms with Crippen molar-refractivity contribution in [3.63, 3.8) is 0 Å². The number of halogens is 1. The van der Waals surface area contributed by atoms with Crippen molar-refractivity contribution in [3.8, 4) is 5.75 Å². The molecule has 0 unspecified atom stereocenters. The Balaban J connectivity index is 2.12. The number of hydrogen-bond donors (Lipinski definition) is 2. The molecule has 0 aliphatic carbocycles. The molecule has 0 fully saturated rings. The van der Waals surface area contributed by atoms with Crippen LogP contribution in [0.2, 0.25) is 5.02 Å². The van der Waals surface area contributed by atoms with Crippen LogP contribution < -0.4 is 14.8 Å². The van der Waals surface area contributed by atoms with Gasteiger partial charge in [-0.15, -0.1) is 0 Å². The lowest BCUT2D eigenvalue weighted by atomic mass is 10.2. The number of anilines is 1. The first-order chi connectivity index (χ1) is 11.8. The molecule has 0 aromatic heterocycles. The zero-order valence-electron chi connectivity index (χ0n) is 13.9. The van der Waals surface area contributed by atoms with Crippen LogP contribution in [0.5, 0.6) is 5.75 Å².